The van der Waals surface area contributed by atoms with Crippen LogP contribution in [0.2, 0.25) is 0 Å². The molecule has 0 saturated carbocycles. The molecular formula is C20H41N. The fraction of sp³-hybridized carbons (Fsp3) is 1.00. The summed E-state index contributed by atoms with van der Waals surface area (Å²) in [5.41, 5.74) is 1.25. The third kappa shape index (κ3) is 7.17. The number of piperidine rings is 1. The Kier molecular flexibility index (Phi) is 5.98. The fourth-order valence-corrected chi connectivity index (χ4v) is 4.02. The summed E-state index contributed by atoms with van der Waals surface area (Å²) in [5.74, 6) is 1.83. The molecular weight excluding hydrogens is 254 g/mol. The van der Waals surface area contributed by atoms with Gasteiger partial charge in [-0.15, -0.1) is 0 Å². The van der Waals surface area contributed by atoms with Crippen molar-refractivity contribution in [1.29, 1.82) is 0 Å². The van der Waals surface area contributed by atoms with Crippen LogP contribution in [0.5, 0.6) is 0 Å². The summed E-state index contributed by atoms with van der Waals surface area (Å²) in [6, 6.07) is 0. The average Bonchev–Trinajstić information content (AvgIpc) is 2.23. The highest BCUT2D eigenvalue weighted by molar-refractivity contribution is 4.87. The van der Waals surface area contributed by atoms with Gasteiger partial charge in [-0.1, -0.05) is 41.5 Å². The monoisotopic (exact) mass is 295 g/mol. The van der Waals surface area contributed by atoms with Crippen LogP contribution < -0.4 is 0 Å². The van der Waals surface area contributed by atoms with Crippen LogP contribution in [-0.2, 0) is 0 Å². The normalized spacial score (nSPS) is 20.3. The van der Waals surface area contributed by atoms with Crippen molar-refractivity contribution >= 4 is 0 Å². The van der Waals surface area contributed by atoms with E-state index in [-0.39, 0.29) is 0 Å². The summed E-state index contributed by atoms with van der Waals surface area (Å²) in [4.78, 5) is 2.68. The molecule has 0 radical (unpaired) electrons. The molecule has 0 unspecified atom stereocenters. The largest absolute Gasteiger partial charge is 0.298 e. The van der Waals surface area contributed by atoms with E-state index >= 15 is 0 Å². The molecule has 1 heteroatoms. The van der Waals surface area contributed by atoms with Gasteiger partial charge < -0.3 is 0 Å². The van der Waals surface area contributed by atoms with Gasteiger partial charge >= 0.3 is 0 Å². The second-order valence-corrected chi connectivity index (χ2v) is 10.8. The van der Waals surface area contributed by atoms with Gasteiger partial charge in [0.15, 0.2) is 0 Å². The van der Waals surface area contributed by atoms with E-state index in [0.717, 1.165) is 11.8 Å². The Bertz CT molecular complexity index is 286. The van der Waals surface area contributed by atoms with Gasteiger partial charge in [0.2, 0.25) is 0 Å². The summed E-state index contributed by atoms with van der Waals surface area (Å²) < 4.78 is 0. The molecule has 0 aromatic carbocycles. The van der Waals surface area contributed by atoms with Crippen molar-refractivity contribution in [2.75, 3.05) is 13.1 Å². The molecule has 0 aromatic heterocycles. The number of rotatable bonds is 3. The lowest BCUT2D eigenvalue weighted by atomic mass is 9.69. The van der Waals surface area contributed by atoms with Crippen LogP contribution in [0.3, 0.4) is 0 Å². The van der Waals surface area contributed by atoms with Gasteiger partial charge in [-0.3, -0.25) is 4.90 Å². The Morgan fingerprint density at radius 3 is 1.43 bits per heavy atom. The first-order valence-corrected chi connectivity index (χ1v) is 9.03. The fourth-order valence-electron chi connectivity index (χ4n) is 4.02. The molecule has 1 saturated heterocycles. The quantitative estimate of drug-likeness (QED) is 0.618. The zero-order chi connectivity index (χ0) is 16.5. The van der Waals surface area contributed by atoms with Crippen molar-refractivity contribution in [3.63, 3.8) is 0 Å². The minimum Gasteiger partial charge on any atom is -0.298 e. The highest BCUT2D eigenvalue weighted by Gasteiger charge is 2.34. The molecule has 21 heavy (non-hydrogen) atoms. The van der Waals surface area contributed by atoms with E-state index in [1.54, 1.807) is 0 Å². The van der Waals surface area contributed by atoms with Gasteiger partial charge in [0, 0.05) is 5.54 Å². The number of hydrogen-bond acceptors (Lipinski definition) is 1. The molecule has 0 bridgehead atoms. The first kappa shape index (κ1) is 19.0. The summed E-state index contributed by atoms with van der Waals surface area (Å²) in [5, 5.41) is 0. The Morgan fingerprint density at radius 1 is 0.762 bits per heavy atom. The van der Waals surface area contributed by atoms with Crippen molar-refractivity contribution in [2.24, 2.45) is 22.7 Å². The van der Waals surface area contributed by atoms with E-state index < -0.39 is 0 Å². The maximum Gasteiger partial charge on any atom is 0.0125 e. The van der Waals surface area contributed by atoms with E-state index in [1.807, 2.05) is 0 Å². The Labute approximate surface area is 134 Å². The van der Waals surface area contributed by atoms with Crippen molar-refractivity contribution in [1.82, 2.24) is 4.90 Å². The maximum atomic E-state index is 2.68. The minimum absolute atomic E-state index is 0.342. The molecule has 0 aromatic rings. The lowest BCUT2D eigenvalue weighted by Gasteiger charge is -2.44. The van der Waals surface area contributed by atoms with Crippen LogP contribution in [-0.4, -0.2) is 23.5 Å². The second-order valence-electron chi connectivity index (χ2n) is 10.8. The molecule has 1 rings (SSSR count). The lowest BCUT2D eigenvalue weighted by molar-refractivity contribution is 0.0503. The van der Waals surface area contributed by atoms with Gasteiger partial charge in [-0.05, 0) is 82.2 Å². The van der Waals surface area contributed by atoms with E-state index in [1.165, 1.54) is 38.8 Å². The number of hydrogen-bond donors (Lipinski definition) is 0. The van der Waals surface area contributed by atoms with Crippen molar-refractivity contribution < 1.29 is 0 Å². The zero-order valence-corrected chi connectivity index (χ0v) is 16.3. The SMILES string of the molecule is CC(C)(C)CC(CC(C)(C)C)C1CCN(C(C)(C)C)CC1. The molecule has 1 fully saturated rings. The molecule has 0 atom stereocenters. The van der Waals surface area contributed by atoms with Gasteiger partial charge in [-0.25, -0.2) is 0 Å². The number of likely N-dealkylation sites (tertiary alicyclic amines) is 1. The Morgan fingerprint density at radius 2 is 1.14 bits per heavy atom. The third-order valence-electron chi connectivity index (χ3n) is 4.90. The predicted molar refractivity (Wildman–Crippen MR) is 95.7 cm³/mol. The maximum absolute atomic E-state index is 2.68. The predicted octanol–water partition coefficient (Wildman–Crippen LogP) is 5.99. The van der Waals surface area contributed by atoms with E-state index in [4.69, 9.17) is 0 Å². The highest BCUT2D eigenvalue weighted by atomic mass is 15.2. The molecule has 1 aliphatic rings. The van der Waals surface area contributed by atoms with Gasteiger partial charge in [0.1, 0.15) is 0 Å². The number of nitrogens with zero attached hydrogens (tertiary/aromatic N) is 1. The van der Waals surface area contributed by atoms with Crippen LogP contribution in [0.4, 0.5) is 0 Å². The molecule has 1 heterocycles. The van der Waals surface area contributed by atoms with Crippen LogP contribution in [0.15, 0.2) is 0 Å². The Balaban J connectivity index is 2.68. The zero-order valence-electron chi connectivity index (χ0n) is 16.3. The van der Waals surface area contributed by atoms with Gasteiger partial charge in [0.25, 0.3) is 0 Å². The standard InChI is InChI=1S/C20H41N/c1-18(2,3)14-17(15-19(4,5)6)16-10-12-21(13-11-16)20(7,8)9/h16-17H,10-15H2,1-9H3. The molecule has 1 aliphatic heterocycles. The first-order valence-electron chi connectivity index (χ1n) is 9.03. The molecule has 126 valence electrons. The van der Waals surface area contributed by atoms with E-state index in [0.29, 0.717) is 16.4 Å². The molecule has 0 N–H and O–H groups in total. The molecule has 1 nitrogen and oxygen atoms in total. The van der Waals surface area contributed by atoms with E-state index in [2.05, 4.69) is 67.2 Å². The minimum atomic E-state index is 0.342. The van der Waals surface area contributed by atoms with E-state index in [9.17, 15) is 0 Å². The Hall–Kier alpha value is -0.0400. The topological polar surface area (TPSA) is 3.24 Å². The smallest absolute Gasteiger partial charge is 0.0125 e. The average molecular weight is 296 g/mol. The van der Waals surface area contributed by atoms with Gasteiger partial charge in [0.05, 0.1) is 0 Å². The second kappa shape index (κ2) is 6.60. The van der Waals surface area contributed by atoms with Gasteiger partial charge in [-0.2, -0.15) is 0 Å². The lowest BCUT2D eigenvalue weighted by Crippen LogP contribution is -2.47. The molecule has 0 spiro atoms. The highest BCUT2D eigenvalue weighted by Crippen LogP contribution is 2.41. The summed E-state index contributed by atoms with van der Waals surface area (Å²) >= 11 is 0. The molecule has 0 aliphatic carbocycles. The summed E-state index contributed by atoms with van der Waals surface area (Å²) in [7, 11) is 0. The van der Waals surface area contributed by atoms with Crippen molar-refractivity contribution in [3.05, 3.63) is 0 Å². The van der Waals surface area contributed by atoms with Crippen LogP contribution in [0.25, 0.3) is 0 Å². The van der Waals surface area contributed by atoms with Crippen LogP contribution in [0, 0.1) is 22.7 Å². The first-order chi connectivity index (χ1) is 9.28. The third-order valence-corrected chi connectivity index (χ3v) is 4.90. The van der Waals surface area contributed by atoms with Crippen molar-refractivity contribution in [2.45, 2.75) is 93.5 Å². The van der Waals surface area contributed by atoms with Crippen LogP contribution in [0.1, 0.15) is 88.0 Å². The molecule has 0 amide bonds. The van der Waals surface area contributed by atoms with Crippen molar-refractivity contribution in [3.8, 4) is 0 Å². The summed E-state index contributed by atoms with van der Waals surface area (Å²) in [6.45, 7) is 24.1. The van der Waals surface area contributed by atoms with Crippen LogP contribution >= 0.6 is 0 Å². The summed E-state index contributed by atoms with van der Waals surface area (Å²) in [6.07, 6.45) is 5.55.